The number of aromatic hydroxyl groups is 1. The van der Waals surface area contributed by atoms with Gasteiger partial charge < -0.3 is 19.9 Å². The normalized spacial score (nSPS) is 11.3. The quantitative estimate of drug-likeness (QED) is 0.528. The van der Waals surface area contributed by atoms with Crippen LogP contribution in [0.1, 0.15) is 16.1 Å². The molecule has 9 heteroatoms. The number of nitrogens with zero attached hydrogens (tertiary/aromatic N) is 3. The minimum absolute atomic E-state index is 0.0120. The fourth-order valence-corrected chi connectivity index (χ4v) is 2.64. The summed E-state index contributed by atoms with van der Waals surface area (Å²) in [7, 11) is 0. The molecule has 4 aromatic rings. The summed E-state index contributed by atoms with van der Waals surface area (Å²) in [4.78, 5) is 17.6. The number of carboxylic acids is 1. The van der Waals surface area contributed by atoms with Gasteiger partial charge in [0.25, 0.3) is 0 Å². The van der Waals surface area contributed by atoms with Crippen LogP contribution in [0.5, 0.6) is 17.4 Å². The molecule has 0 spiro atoms. The van der Waals surface area contributed by atoms with Crippen molar-refractivity contribution in [1.82, 2.24) is 19.6 Å². The number of carboxylic acid groups (broad SMARTS) is 1. The summed E-state index contributed by atoms with van der Waals surface area (Å²) < 4.78 is 21.7. The zero-order valence-corrected chi connectivity index (χ0v) is 12.8. The molecule has 25 heavy (non-hydrogen) atoms. The molecule has 0 saturated carbocycles. The van der Waals surface area contributed by atoms with Crippen molar-refractivity contribution in [2.24, 2.45) is 0 Å². The highest BCUT2D eigenvalue weighted by Crippen LogP contribution is 2.34. The Morgan fingerprint density at radius 2 is 2.20 bits per heavy atom. The van der Waals surface area contributed by atoms with E-state index >= 15 is 0 Å². The fourth-order valence-electron chi connectivity index (χ4n) is 2.64. The molecule has 0 aliphatic heterocycles. The molecule has 0 amide bonds. The van der Waals surface area contributed by atoms with E-state index in [0.29, 0.717) is 16.6 Å². The first-order chi connectivity index (χ1) is 12.0. The molecule has 0 saturated heterocycles. The molecule has 8 nitrogen and oxygen atoms in total. The Balaban J connectivity index is 1.84. The third kappa shape index (κ3) is 2.24. The van der Waals surface area contributed by atoms with Gasteiger partial charge in [-0.05, 0) is 25.1 Å². The summed E-state index contributed by atoms with van der Waals surface area (Å²) in [6.07, 6.45) is 2.61. The van der Waals surface area contributed by atoms with E-state index in [0.717, 1.165) is 0 Å². The molecule has 0 aliphatic carbocycles. The number of aryl methyl sites for hydroxylation is 1. The van der Waals surface area contributed by atoms with Crippen LogP contribution in [-0.2, 0) is 0 Å². The number of hydrogen-bond acceptors (Lipinski definition) is 5. The second-order valence-corrected chi connectivity index (χ2v) is 5.43. The number of H-pyrrole nitrogens is 1. The number of ether oxygens (including phenoxy) is 1. The Bertz CT molecular complexity index is 1150. The highest BCUT2D eigenvalue weighted by atomic mass is 19.1. The molecule has 0 fully saturated rings. The lowest BCUT2D eigenvalue weighted by molar-refractivity contribution is 0.0691. The summed E-state index contributed by atoms with van der Waals surface area (Å²) in [5.41, 5.74) is 1.11. The van der Waals surface area contributed by atoms with Gasteiger partial charge in [0.1, 0.15) is 23.3 Å². The molecule has 4 rings (SSSR count). The predicted octanol–water partition coefficient (Wildman–Crippen LogP) is 2.85. The maximum atomic E-state index is 14.7. The minimum Gasteiger partial charge on any atom is -0.506 e. The highest BCUT2D eigenvalue weighted by Gasteiger charge is 2.18. The van der Waals surface area contributed by atoms with Gasteiger partial charge in [0.2, 0.25) is 5.88 Å². The van der Waals surface area contributed by atoms with Gasteiger partial charge >= 0.3 is 5.97 Å². The van der Waals surface area contributed by atoms with Gasteiger partial charge in [-0.25, -0.2) is 13.7 Å². The summed E-state index contributed by atoms with van der Waals surface area (Å²) in [5, 5.41) is 22.9. The van der Waals surface area contributed by atoms with Crippen molar-refractivity contribution in [3.05, 3.63) is 47.8 Å². The maximum Gasteiger partial charge on any atom is 0.352 e. The van der Waals surface area contributed by atoms with Gasteiger partial charge in [0.15, 0.2) is 11.6 Å². The van der Waals surface area contributed by atoms with Crippen LogP contribution in [0.2, 0.25) is 0 Å². The largest absolute Gasteiger partial charge is 0.506 e. The average Bonchev–Trinajstić information content (AvgIpc) is 3.13. The highest BCUT2D eigenvalue weighted by molar-refractivity contribution is 5.94. The Morgan fingerprint density at radius 1 is 1.40 bits per heavy atom. The van der Waals surface area contributed by atoms with Gasteiger partial charge in [0.05, 0.1) is 6.20 Å². The monoisotopic (exact) mass is 342 g/mol. The van der Waals surface area contributed by atoms with Gasteiger partial charge in [-0.2, -0.15) is 10.1 Å². The summed E-state index contributed by atoms with van der Waals surface area (Å²) >= 11 is 0. The number of hydrogen-bond donors (Lipinski definition) is 3. The van der Waals surface area contributed by atoms with Crippen molar-refractivity contribution in [1.29, 1.82) is 0 Å². The number of aromatic amines is 1. The first-order valence-corrected chi connectivity index (χ1v) is 7.20. The first-order valence-electron chi connectivity index (χ1n) is 7.20. The lowest BCUT2D eigenvalue weighted by atomic mass is 10.2. The number of halogens is 1. The van der Waals surface area contributed by atoms with Crippen LogP contribution in [0, 0.1) is 12.7 Å². The van der Waals surface area contributed by atoms with E-state index in [1.165, 1.54) is 35.2 Å². The van der Waals surface area contributed by atoms with E-state index in [2.05, 4.69) is 15.1 Å². The van der Waals surface area contributed by atoms with Crippen LogP contribution in [-0.4, -0.2) is 35.8 Å². The Morgan fingerprint density at radius 3 is 2.96 bits per heavy atom. The topological polar surface area (TPSA) is 113 Å². The van der Waals surface area contributed by atoms with Crippen LogP contribution >= 0.6 is 0 Å². The molecule has 0 aliphatic rings. The number of carbonyl (C=O) groups is 1. The van der Waals surface area contributed by atoms with Gasteiger partial charge in [-0.3, -0.25) is 0 Å². The standard InChI is InChI=1S/C16H11FN4O4/c1-7-11(22)5-21-14(7)15(18-6-19-21)25-12-3-2-9-8(13(12)17)4-10(20-9)16(23)24/h2-6,20,22H,1H3,(H,23,24). The van der Waals surface area contributed by atoms with Gasteiger partial charge in [-0.1, -0.05) is 0 Å². The Labute approximate surface area is 139 Å². The van der Waals surface area contributed by atoms with Crippen molar-refractivity contribution in [2.45, 2.75) is 6.92 Å². The number of benzene rings is 1. The van der Waals surface area contributed by atoms with Crippen molar-refractivity contribution >= 4 is 22.4 Å². The summed E-state index contributed by atoms with van der Waals surface area (Å²) in [5.74, 6) is -1.94. The van der Waals surface area contributed by atoms with Gasteiger partial charge in [0, 0.05) is 16.5 Å². The van der Waals surface area contributed by atoms with E-state index in [1.54, 1.807) is 6.92 Å². The molecular weight excluding hydrogens is 331 g/mol. The lowest BCUT2D eigenvalue weighted by Gasteiger charge is -2.08. The summed E-state index contributed by atoms with van der Waals surface area (Å²) in [6.45, 7) is 1.66. The molecule has 3 N–H and O–H groups in total. The molecular formula is C16H11FN4O4. The number of rotatable bonds is 3. The number of aromatic nitrogens is 4. The van der Waals surface area contributed by atoms with E-state index in [9.17, 15) is 14.3 Å². The van der Waals surface area contributed by atoms with E-state index < -0.39 is 11.8 Å². The van der Waals surface area contributed by atoms with Crippen molar-refractivity contribution < 1.29 is 24.1 Å². The maximum absolute atomic E-state index is 14.7. The zero-order chi connectivity index (χ0) is 17.7. The van der Waals surface area contributed by atoms with Crippen molar-refractivity contribution in [2.75, 3.05) is 0 Å². The molecule has 0 unspecified atom stereocenters. The van der Waals surface area contributed by atoms with Crippen LogP contribution in [0.15, 0.2) is 30.7 Å². The Hall–Kier alpha value is -3.62. The smallest absolute Gasteiger partial charge is 0.352 e. The zero-order valence-electron chi connectivity index (χ0n) is 12.8. The molecule has 3 aromatic heterocycles. The third-order valence-electron chi connectivity index (χ3n) is 3.91. The second kappa shape index (κ2) is 5.20. The minimum atomic E-state index is -1.19. The van der Waals surface area contributed by atoms with Crippen molar-refractivity contribution in [3.63, 3.8) is 0 Å². The lowest BCUT2D eigenvalue weighted by Crippen LogP contribution is -1.98. The second-order valence-electron chi connectivity index (χ2n) is 5.43. The Kier molecular flexibility index (Phi) is 3.11. The molecule has 1 aromatic carbocycles. The molecule has 0 radical (unpaired) electrons. The molecule has 0 bridgehead atoms. The first kappa shape index (κ1) is 14.9. The van der Waals surface area contributed by atoms with Crippen LogP contribution < -0.4 is 4.74 Å². The van der Waals surface area contributed by atoms with Crippen LogP contribution in [0.25, 0.3) is 16.4 Å². The number of nitrogens with one attached hydrogen (secondary N) is 1. The number of fused-ring (bicyclic) bond motifs is 2. The average molecular weight is 342 g/mol. The fraction of sp³-hybridized carbons (Fsp3) is 0.0625. The van der Waals surface area contributed by atoms with E-state index in [-0.39, 0.29) is 28.5 Å². The molecule has 0 atom stereocenters. The SMILES string of the molecule is Cc1c(O)cn2ncnc(Oc3ccc4[nH]c(C(=O)O)cc4c3F)c12. The van der Waals surface area contributed by atoms with E-state index in [1.807, 2.05) is 0 Å². The predicted molar refractivity (Wildman–Crippen MR) is 84.7 cm³/mol. The summed E-state index contributed by atoms with van der Waals surface area (Å²) in [6, 6.07) is 4.08. The third-order valence-corrected chi connectivity index (χ3v) is 3.91. The molecule has 126 valence electrons. The van der Waals surface area contributed by atoms with Gasteiger partial charge in [-0.15, -0.1) is 0 Å². The van der Waals surface area contributed by atoms with E-state index in [4.69, 9.17) is 9.84 Å². The van der Waals surface area contributed by atoms with Crippen molar-refractivity contribution in [3.8, 4) is 17.4 Å². The van der Waals surface area contributed by atoms with Crippen LogP contribution in [0.3, 0.4) is 0 Å². The number of aromatic carboxylic acids is 1. The molecule has 3 heterocycles. The van der Waals surface area contributed by atoms with Crippen LogP contribution in [0.4, 0.5) is 4.39 Å².